The third-order valence-electron chi connectivity index (χ3n) is 4.93. The van der Waals surface area contributed by atoms with E-state index < -0.39 is 5.66 Å². The van der Waals surface area contributed by atoms with Gasteiger partial charge in [0.15, 0.2) is 5.66 Å². The molecule has 2 aliphatic rings. The number of hydrogen-bond acceptors (Lipinski definition) is 1. The van der Waals surface area contributed by atoms with E-state index in [2.05, 4.69) is 18.2 Å². The minimum atomic E-state index is -0.523. The standard InChI is InChI=1S/C22H16N2O/c25-21-23(19-14-8-3-9-15-19)22(18-12-6-2-7-13-18)16-20(24(21)22)17-10-4-1-5-11-17/h1-16H. The first-order chi connectivity index (χ1) is 12.3. The van der Waals surface area contributed by atoms with Crippen LogP contribution in [0.3, 0.4) is 0 Å². The molecule has 3 aromatic rings. The summed E-state index contributed by atoms with van der Waals surface area (Å²) >= 11 is 0. The summed E-state index contributed by atoms with van der Waals surface area (Å²) in [5.74, 6) is 0. The van der Waals surface area contributed by atoms with Gasteiger partial charge >= 0.3 is 6.03 Å². The predicted molar refractivity (Wildman–Crippen MR) is 98.7 cm³/mol. The van der Waals surface area contributed by atoms with Crippen LogP contribution >= 0.6 is 0 Å². The maximum Gasteiger partial charge on any atom is 0.333 e. The maximum absolute atomic E-state index is 13.0. The van der Waals surface area contributed by atoms with Crippen LogP contribution in [0.1, 0.15) is 11.1 Å². The molecule has 0 aliphatic carbocycles. The molecule has 120 valence electrons. The second-order valence-electron chi connectivity index (χ2n) is 6.28. The second kappa shape index (κ2) is 5.08. The van der Waals surface area contributed by atoms with Crippen LogP contribution in [0.4, 0.5) is 10.5 Å². The number of fused-ring (bicyclic) bond motifs is 1. The lowest BCUT2D eigenvalue weighted by Crippen LogP contribution is -2.78. The Morgan fingerprint density at radius 2 is 1.20 bits per heavy atom. The average molecular weight is 324 g/mol. The highest BCUT2D eigenvalue weighted by Gasteiger charge is 2.65. The molecule has 0 bridgehead atoms. The number of rotatable bonds is 3. The Labute approximate surface area is 146 Å². The number of carbonyl (C=O) groups excluding carboxylic acids is 1. The van der Waals surface area contributed by atoms with Gasteiger partial charge in [-0.1, -0.05) is 78.9 Å². The summed E-state index contributed by atoms with van der Waals surface area (Å²) in [6.45, 7) is 0. The summed E-state index contributed by atoms with van der Waals surface area (Å²) < 4.78 is 0. The van der Waals surface area contributed by atoms with E-state index >= 15 is 0 Å². The van der Waals surface area contributed by atoms with Crippen molar-refractivity contribution in [2.45, 2.75) is 5.66 Å². The van der Waals surface area contributed by atoms with Crippen molar-refractivity contribution >= 4 is 17.4 Å². The second-order valence-corrected chi connectivity index (χ2v) is 6.28. The monoisotopic (exact) mass is 324 g/mol. The van der Waals surface area contributed by atoms with Crippen LogP contribution in [0.25, 0.3) is 5.70 Å². The van der Waals surface area contributed by atoms with Crippen LogP contribution < -0.4 is 4.90 Å². The van der Waals surface area contributed by atoms with E-state index in [1.54, 1.807) is 0 Å². The number of benzene rings is 3. The number of anilines is 1. The van der Waals surface area contributed by atoms with Gasteiger partial charge in [-0.05, 0) is 23.8 Å². The fourth-order valence-corrected chi connectivity index (χ4v) is 3.78. The van der Waals surface area contributed by atoms with Crippen LogP contribution in [0.2, 0.25) is 0 Å². The van der Waals surface area contributed by atoms with Gasteiger partial charge in [0.2, 0.25) is 0 Å². The molecule has 2 aliphatic heterocycles. The Morgan fingerprint density at radius 1 is 0.640 bits per heavy atom. The summed E-state index contributed by atoms with van der Waals surface area (Å²) in [7, 11) is 0. The molecule has 1 unspecified atom stereocenters. The lowest BCUT2D eigenvalue weighted by atomic mass is 9.80. The van der Waals surface area contributed by atoms with Crippen molar-refractivity contribution in [3.05, 3.63) is 108 Å². The molecule has 3 heteroatoms. The zero-order valence-electron chi connectivity index (χ0n) is 13.5. The van der Waals surface area contributed by atoms with Gasteiger partial charge in [-0.2, -0.15) is 0 Å². The summed E-state index contributed by atoms with van der Waals surface area (Å²) in [6.07, 6.45) is 2.19. The van der Waals surface area contributed by atoms with Crippen LogP contribution in [0.15, 0.2) is 97.1 Å². The smallest absolute Gasteiger partial charge is 0.262 e. The molecular formula is C22H16N2O. The quantitative estimate of drug-likeness (QED) is 0.676. The number of nitrogens with zero attached hydrogens (tertiary/aromatic N) is 2. The first kappa shape index (κ1) is 14.1. The molecule has 1 saturated heterocycles. The van der Waals surface area contributed by atoms with Gasteiger partial charge in [0.1, 0.15) is 0 Å². The first-order valence-electron chi connectivity index (χ1n) is 8.36. The zero-order chi connectivity index (χ0) is 16.9. The van der Waals surface area contributed by atoms with Gasteiger partial charge in [0.25, 0.3) is 0 Å². The number of hydrogen-bond donors (Lipinski definition) is 0. The topological polar surface area (TPSA) is 23.6 Å². The normalized spacial score (nSPS) is 21.1. The number of amides is 2. The molecule has 3 aromatic carbocycles. The van der Waals surface area contributed by atoms with Crippen molar-refractivity contribution in [2.24, 2.45) is 0 Å². The van der Waals surface area contributed by atoms with Crippen LogP contribution in [0.5, 0.6) is 0 Å². The van der Waals surface area contributed by atoms with Crippen LogP contribution in [0, 0.1) is 0 Å². The van der Waals surface area contributed by atoms with Crippen molar-refractivity contribution < 1.29 is 4.79 Å². The highest BCUT2D eigenvalue weighted by atomic mass is 16.2. The number of urea groups is 1. The SMILES string of the molecule is O=C1N2C(c3ccccc3)=CC2(c2ccccc2)N1c1ccccc1. The van der Waals surface area contributed by atoms with Crippen molar-refractivity contribution in [3.8, 4) is 0 Å². The third kappa shape index (κ3) is 1.78. The van der Waals surface area contributed by atoms with E-state index in [-0.39, 0.29) is 6.03 Å². The van der Waals surface area contributed by atoms with Gasteiger partial charge in [-0.15, -0.1) is 0 Å². The minimum absolute atomic E-state index is 0.0106. The van der Waals surface area contributed by atoms with Crippen molar-refractivity contribution in [3.63, 3.8) is 0 Å². The van der Waals surface area contributed by atoms with E-state index in [0.29, 0.717) is 0 Å². The minimum Gasteiger partial charge on any atom is -0.262 e. The summed E-state index contributed by atoms with van der Waals surface area (Å²) in [5.41, 5.74) is 3.52. The molecular weight excluding hydrogens is 308 g/mol. The van der Waals surface area contributed by atoms with E-state index in [4.69, 9.17) is 0 Å². The van der Waals surface area contributed by atoms with E-state index in [1.165, 1.54) is 0 Å². The van der Waals surface area contributed by atoms with Gasteiger partial charge in [-0.25, -0.2) is 4.79 Å². The third-order valence-corrected chi connectivity index (χ3v) is 4.93. The van der Waals surface area contributed by atoms with Crippen molar-refractivity contribution in [2.75, 3.05) is 4.90 Å². The molecule has 0 aromatic heterocycles. The molecule has 1 atom stereocenters. The Balaban J connectivity index is 1.67. The van der Waals surface area contributed by atoms with Gasteiger partial charge in [0.05, 0.1) is 5.70 Å². The lowest BCUT2D eigenvalue weighted by molar-refractivity contribution is 0.112. The molecule has 0 saturated carbocycles. The highest BCUT2D eigenvalue weighted by molar-refractivity contribution is 6.11. The average Bonchev–Trinajstić information content (AvgIpc) is 2.66. The van der Waals surface area contributed by atoms with Gasteiger partial charge < -0.3 is 0 Å². The molecule has 5 rings (SSSR count). The largest absolute Gasteiger partial charge is 0.333 e. The van der Waals surface area contributed by atoms with Crippen LogP contribution in [-0.2, 0) is 5.66 Å². The lowest BCUT2D eigenvalue weighted by Gasteiger charge is -2.65. The molecule has 1 fully saturated rings. The molecule has 25 heavy (non-hydrogen) atoms. The molecule has 0 radical (unpaired) electrons. The van der Waals surface area contributed by atoms with E-state index in [1.807, 2.05) is 88.7 Å². The summed E-state index contributed by atoms with van der Waals surface area (Å²) in [4.78, 5) is 16.8. The maximum atomic E-state index is 13.0. The fraction of sp³-hybridized carbons (Fsp3) is 0.0455. The molecule has 0 spiro atoms. The summed E-state index contributed by atoms with van der Waals surface area (Å²) in [6, 6.07) is 30.1. The van der Waals surface area contributed by atoms with E-state index in [0.717, 1.165) is 22.5 Å². The number of para-hydroxylation sites is 1. The van der Waals surface area contributed by atoms with Crippen LogP contribution in [-0.4, -0.2) is 10.9 Å². The predicted octanol–water partition coefficient (Wildman–Crippen LogP) is 4.84. The molecule has 3 nitrogen and oxygen atoms in total. The Kier molecular flexibility index (Phi) is 2.86. The van der Waals surface area contributed by atoms with Crippen molar-refractivity contribution in [1.29, 1.82) is 0 Å². The number of carbonyl (C=O) groups is 1. The molecule has 2 amide bonds. The molecule has 2 heterocycles. The Hall–Kier alpha value is -3.33. The van der Waals surface area contributed by atoms with E-state index in [9.17, 15) is 4.79 Å². The molecule has 0 N–H and O–H groups in total. The zero-order valence-corrected chi connectivity index (χ0v) is 13.5. The highest BCUT2D eigenvalue weighted by Crippen LogP contribution is 2.57. The Morgan fingerprint density at radius 3 is 1.84 bits per heavy atom. The fourth-order valence-electron chi connectivity index (χ4n) is 3.78. The van der Waals surface area contributed by atoms with Crippen molar-refractivity contribution in [1.82, 2.24) is 4.90 Å². The van der Waals surface area contributed by atoms with Gasteiger partial charge in [-0.3, -0.25) is 9.80 Å². The summed E-state index contributed by atoms with van der Waals surface area (Å²) in [5, 5.41) is 0. The first-order valence-corrected chi connectivity index (χ1v) is 8.36. The van der Waals surface area contributed by atoms with Gasteiger partial charge in [0, 0.05) is 11.3 Å². The Bertz CT molecular complexity index is 967.